The molecule has 1 amide bonds. The molecule has 1 aliphatic heterocycles. The first-order valence-electron chi connectivity index (χ1n) is 11.7. The van der Waals surface area contributed by atoms with E-state index in [0.717, 1.165) is 55.7 Å². The minimum absolute atomic E-state index is 0.216. The molecule has 170 valence electrons. The summed E-state index contributed by atoms with van der Waals surface area (Å²) in [6.07, 6.45) is 5.65. The topological polar surface area (TPSA) is 71.8 Å². The molecule has 1 aliphatic carbocycles. The number of benzene rings is 1. The van der Waals surface area contributed by atoms with Gasteiger partial charge in [0.1, 0.15) is 6.54 Å². The SMILES string of the molecule is CC.CCN(CC(=O)O)C(=O)c1ccc2c(c1)c1c(n2C)CCC(C2CCOCC2)C1. The van der Waals surface area contributed by atoms with E-state index in [9.17, 15) is 9.59 Å². The average molecular weight is 429 g/mol. The van der Waals surface area contributed by atoms with Crippen LogP contribution < -0.4 is 0 Å². The molecule has 1 unspecified atom stereocenters. The largest absolute Gasteiger partial charge is 0.480 e. The molecule has 2 heterocycles. The van der Waals surface area contributed by atoms with Gasteiger partial charge in [-0.3, -0.25) is 9.59 Å². The average Bonchev–Trinajstić information content (AvgIpc) is 3.09. The number of hydrogen-bond acceptors (Lipinski definition) is 3. The molecule has 6 nitrogen and oxygen atoms in total. The van der Waals surface area contributed by atoms with E-state index in [1.54, 1.807) is 0 Å². The van der Waals surface area contributed by atoms with E-state index in [2.05, 4.69) is 11.6 Å². The number of carboxylic acids is 1. The van der Waals surface area contributed by atoms with Crippen molar-refractivity contribution in [1.82, 2.24) is 9.47 Å². The first-order valence-corrected chi connectivity index (χ1v) is 11.7. The summed E-state index contributed by atoms with van der Waals surface area (Å²) in [5.41, 5.74) is 4.48. The van der Waals surface area contributed by atoms with Gasteiger partial charge in [0, 0.05) is 49.0 Å². The van der Waals surface area contributed by atoms with Gasteiger partial charge in [0.15, 0.2) is 0 Å². The van der Waals surface area contributed by atoms with Crippen LogP contribution in [0.4, 0.5) is 0 Å². The standard InChI is InChI=1S/C23H30N2O4.C2H6/c1-3-25(14-22(26)27)23(28)17-5-7-21-19(13-17)18-12-16(4-6-20(18)24(21)2)15-8-10-29-11-9-15;1-2/h5,7,13,15-16H,3-4,6,8-12,14H2,1-2H3,(H,26,27);1-2H3. The second-order valence-electron chi connectivity index (χ2n) is 8.38. The maximum atomic E-state index is 12.9. The highest BCUT2D eigenvalue weighted by atomic mass is 16.5. The van der Waals surface area contributed by atoms with Crippen molar-refractivity contribution in [2.45, 2.75) is 52.9 Å². The number of amides is 1. The lowest BCUT2D eigenvalue weighted by molar-refractivity contribution is -0.137. The molecular formula is C25H36N2O4. The smallest absolute Gasteiger partial charge is 0.323 e. The molecule has 0 bridgehead atoms. The summed E-state index contributed by atoms with van der Waals surface area (Å²) < 4.78 is 7.82. The predicted molar refractivity (Wildman–Crippen MR) is 123 cm³/mol. The third kappa shape index (κ3) is 4.79. The third-order valence-electron chi connectivity index (χ3n) is 6.83. The van der Waals surface area contributed by atoms with E-state index < -0.39 is 5.97 Å². The third-order valence-corrected chi connectivity index (χ3v) is 6.83. The van der Waals surface area contributed by atoms with Gasteiger partial charge in [0.05, 0.1) is 0 Å². The Bertz CT molecular complexity index is 927. The number of ether oxygens (including phenoxy) is 1. The molecule has 1 aromatic heterocycles. The lowest BCUT2D eigenvalue weighted by Gasteiger charge is -2.33. The maximum Gasteiger partial charge on any atom is 0.323 e. The van der Waals surface area contributed by atoms with Crippen LogP contribution in [0.25, 0.3) is 10.9 Å². The second kappa shape index (κ2) is 10.3. The van der Waals surface area contributed by atoms with Crippen molar-refractivity contribution in [3.8, 4) is 0 Å². The van der Waals surface area contributed by atoms with E-state index in [-0.39, 0.29) is 12.5 Å². The highest BCUT2D eigenvalue weighted by Gasteiger charge is 2.31. The van der Waals surface area contributed by atoms with Gasteiger partial charge < -0.3 is 19.3 Å². The van der Waals surface area contributed by atoms with Gasteiger partial charge in [0.25, 0.3) is 5.91 Å². The van der Waals surface area contributed by atoms with Gasteiger partial charge in [-0.15, -0.1) is 0 Å². The van der Waals surface area contributed by atoms with Crippen LogP contribution in [0.3, 0.4) is 0 Å². The quantitative estimate of drug-likeness (QED) is 0.771. The van der Waals surface area contributed by atoms with Crippen LogP contribution in [0.15, 0.2) is 18.2 Å². The molecule has 0 radical (unpaired) electrons. The molecule has 1 aromatic carbocycles. The highest BCUT2D eigenvalue weighted by molar-refractivity contribution is 6.00. The lowest BCUT2D eigenvalue weighted by Crippen LogP contribution is -2.35. The van der Waals surface area contributed by atoms with E-state index in [1.807, 2.05) is 39.0 Å². The van der Waals surface area contributed by atoms with Gasteiger partial charge in [-0.2, -0.15) is 0 Å². The number of aliphatic carboxylic acids is 1. The fourth-order valence-electron chi connectivity index (χ4n) is 5.20. The summed E-state index contributed by atoms with van der Waals surface area (Å²) in [5, 5.41) is 10.2. The Morgan fingerprint density at radius 3 is 2.52 bits per heavy atom. The monoisotopic (exact) mass is 428 g/mol. The zero-order valence-corrected chi connectivity index (χ0v) is 19.3. The molecule has 0 spiro atoms. The Balaban J connectivity index is 0.00000132. The number of nitrogens with zero attached hydrogens (tertiary/aromatic N) is 2. The lowest BCUT2D eigenvalue weighted by atomic mass is 9.75. The molecular weight excluding hydrogens is 392 g/mol. The predicted octanol–water partition coefficient (Wildman–Crippen LogP) is 4.28. The Morgan fingerprint density at radius 1 is 1.16 bits per heavy atom. The Labute approximate surface area is 185 Å². The number of carboxylic acid groups (broad SMARTS) is 1. The van der Waals surface area contributed by atoms with Crippen LogP contribution in [0, 0.1) is 11.8 Å². The number of aromatic nitrogens is 1. The molecule has 2 aliphatic rings. The number of carbonyl (C=O) groups excluding carboxylic acids is 1. The van der Waals surface area contributed by atoms with E-state index in [1.165, 1.54) is 22.6 Å². The summed E-state index contributed by atoms with van der Waals surface area (Å²) in [7, 11) is 2.11. The van der Waals surface area contributed by atoms with Crippen LogP contribution in [0.5, 0.6) is 0 Å². The van der Waals surface area contributed by atoms with Crippen molar-refractivity contribution in [1.29, 1.82) is 0 Å². The molecule has 2 aromatic rings. The van der Waals surface area contributed by atoms with Crippen LogP contribution in [-0.4, -0.2) is 52.8 Å². The molecule has 1 N–H and O–H groups in total. The van der Waals surface area contributed by atoms with Gasteiger partial charge in [0.2, 0.25) is 0 Å². The van der Waals surface area contributed by atoms with Crippen molar-refractivity contribution >= 4 is 22.8 Å². The summed E-state index contributed by atoms with van der Waals surface area (Å²) >= 11 is 0. The van der Waals surface area contributed by atoms with Crippen LogP contribution in [0.1, 0.15) is 61.6 Å². The minimum Gasteiger partial charge on any atom is -0.480 e. The summed E-state index contributed by atoms with van der Waals surface area (Å²) in [5.74, 6) is 0.197. The summed E-state index contributed by atoms with van der Waals surface area (Å²) in [6.45, 7) is 7.66. The van der Waals surface area contributed by atoms with E-state index in [4.69, 9.17) is 9.84 Å². The van der Waals surface area contributed by atoms with Crippen LogP contribution in [-0.2, 0) is 29.4 Å². The first kappa shape index (κ1) is 23.3. The van der Waals surface area contributed by atoms with Crippen molar-refractivity contribution in [3.63, 3.8) is 0 Å². The minimum atomic E-state index is -0.988. The fraction of sp³-hybridized carbons (Fsp3) is 0.600. The van der Waals surface area contributed by atoms with Crippen molar-refractivity contribution in [2.75, 3.05) is 26.3 Å². The molecule has 1 atom stereocenters. The molecule has 1 fully saturated rings. The fourth-order valence-corrected chi connectivity index (χ4v) is 5.20. The highest BCUT2D eigenvalue weighted by Crippen LogP contribution is 2.39. The van der Waals surface area contributed by atoms with Gasteiger partial charge in [-0.1, -0.05) is 13.8 Å². The summed E-state index contributed by atoms with van der Waals surface area (Å²) in [6, 6.07) is 5.82. The molecule has 1 saturated heterocycles. The number of carbonyl (C=O) groups is 2. The number of aryl methyl sites for hydroxylation is 1. The van der Waals surface area contributed by atoms with Crippen LogP contribution >= 0.6 is 0 Å². The van der Waals surface area contributed by atoms with Gasteiger partial charge in [-0.05, 0) is 74.6 Å². The van der Waals surface area contributed by atoms with Gasteiger partial charge in [-0.25, -0.2) is 0 Å². The molecule has 4 rings (SSSR count). The maximum absolute atomic E-state index is 12.9. The first-order chi connectivity index (χ1) is 15.0. The zero-order valence-electron chi connectivity index (χ0n) is 19.3. The number of hydrogen-bond donors (Lipinski definition) is 1. The zero-order chi connectivity index (χ0) is 22.5. The van der Waals surface area contributed by atoms with Crippen LogP contribution in [0.2, 0.25) is 0 Å². The molecule has 0 saturated carbocycles. The van der Waals surface area contributed by atoms with Gasteiger partial charge >= 0.3 is 5.97 Å². The Morgan fingerprint density at radius 2 is 1.87 bits per heavy atom. The summed E-state index contributed by atoms with van der Waals surface area (Å²) in [4.78, 5) is 25.4. The Hall–Kier alpha value is -2.34. The molecule has 31 heavy (non-hydrogen) atoms. The van der Waals surface area contributed by atoms with Crippen molar-refractivity contribution in [3.05, 3.63) is 35.0 Å². The van der Waals surface area contributed by atoms with Crippen molar-refractivity contribution < 1.29 is 19.4 Å². The van der Waals surface area contributed by atoms with Crippen molar-refractivity contribution in [2.24, 2.45) is 18.9 Å². The second-order valence-corrected chi connectivity index (χ2v) is 8.38. The Kier molecular flexibility index (Phi) is 7.76. The normalized spacial score (nSPS) is 18.8. The number of rotatable bonds is 5. The van der Waals surface area contributed by atoms with E-state index >= 15 is 0 Å². The number of likely N-dealkylation sites (N-methyl/N-ethyl adjacent to an activating group) is 1. The molecule has 6 heteroatoms. The number of fused-ring (bicyclic) bond motifs is 3. The van der Waals surface area contributed by atoms with E-state index in [0.29, 0.717) is 18.0 Å².